The Balaban J connectivity index is 1.26. The number of carbonyl (C=O) groups is 1. The molecule has 6 nitrogen and oxygen atoms in total. The molecule has 33 heavy (non-hydrogen) atoms. The summed E-state index contributed by atoms with van der Waals surface area (Å²) in [6.07, 6.45) is 8.51. The summed E-state index contributed by atoms with van der Waals surface area (Å²) in [5.74, 6) is -0.216. The van der Waals surface area contributed by atoms with Crippen molar-refractivity contribution in [1.82, 2.24) is 19.7 Å². The molecule has 1 amide bonds. The highest BCUT2D eigenvalue weighted by Crippen LogP contribution is 2.35. The number of nitrogens with one attached hydrogen (secondary N) is 1. The van der Waals surface area contributed by atoms with E-state index in [0.29, 0.717) is 12.1 Å². The minimum absolute atomic E-state index is 0.00543. The quantitative estimate of drug-likeness (QED) is 0.728. The minimum atomic E-state index is -0.216. The predicted molar refractivity (Wildman–Crippen MR) is 133 cm³/mol. The molecular weight excluding hydrogens is 412 g/mol. The Labute approximate surface area is 196 Å². The SMILES string of the molecule is CC(C)n1c(=O)c(C(=O)NC2C[C@H]3CC[C@H](C2)N3CCN2CCCCC2)cc2ccccc21. The van der Waals surface area contributed by atoms with Crippen LogP contribution in [0.15, 0.2) is 35.1 Å². The third kappa shape index (κ3) is 4.60. The monoisotopic (exact) mass is 450 g/mol. The van der Waals surface area contributed by atoms with Crippen LogP contribution >= 0.6 is 0 Å². The third-order valence-corrected chi connectivity index (χ3v) is 8.05. The first kappa shape index (κ1) is 22.6. The van der Waals surface area contributed by atoms with Crippen molar-refractivity contribution in [2.24, 2.45) is 0 Å². The van der Waals surface area contributed by atoms with Crippen molar-refractivity contribution in [2.75, 3.05) is 26.2 Å². The lowest BCUT2D eigenvalue weighted by Crippen LogP contribution is -2.52. The number of fused-ring (bicyclic) bond motifs is 3. The molecule has 0 aliphatic carbocycles. The molecule has 3 saturated heterocycles. The van der Waals surface area contributed by atoms with E-state index in [1.54, 1.807) is 10.6 Å². The van der Waals surface area contributed by atoms with Gasteiger partial charge in [-0.05, 0) is 83.0 Å². The molecule has 2 atom stereocenters. The van der Waals surface area contributed by atoms with Crippen LogP contribution in [-0.2, 0) is 0 Å². The van der Waals surface area contributed by atoms with Gasteiger partial charge in [-0.1, -0.05) is 24.6 Å². The second-order valence-corrected chi connectivity index (χ2v) is 10.6. The number of hydrogen-bond acceptors (Lipinski definition) is 4. The Morgan fingerprint density at radius 1 is 1.03 bits per heavy atom. The van der Waals surface area contributed by atoms with Crippen molar-refractivity contribution in [1.29, 1.82) is 0 Å². The maximum absolute atomic E-state index is 13.3. The topological polar surface area (TPSA) is 57.6 Å². The first-order valence-electron chi connectivity index (χ1n) is 12.9. The lowest BCUT2D eigenvalue weighted by Gasteiger charge is -2.40. The fourth-order valence-corrected chi connectivity index (χ4v) is 6.42. The van der Waals surface area contributed by atoms with Crippen molar-refractivity contribution in [3.63, 3.8) is 0 Å². The van der Waals surface area contributed by atoms with E-state index in [4.69, 9.17) is 0 Å². The van der Waals surface area contributed by atoms with Gasteiger partial charge in [-0.2, -0.15) is 0 Å². The van der Waals surface area contributed by atoms with Crippen LogP contribution in [0.5, 0.6) is 0 Å². The maximum atomic E-state index is 13.3. The zero-order valence-corrected chi connectivity index (χ0v) is 20.1. The number of carbonyl (C=O) groups excluding carboxylic acids is 1. The fraction of sp³-hybridized carbons (Fsp3) is 0.630. The Hall–Kier alpha value is -2.18. The zero-order valence-electron chi connectivity index (χ0n) is 20.1. The van der Waals surface area contributed by atoms with Gasteiger partial charge in [0.25, 0.3) is 11.5 Å². The molecule has 0 unspecified atom stereocenters. The summed E-state index contributed by atoms with van der Waals surface area (Å²) >= 11 is 0. The highest BCUT2D eigenvalue weighted by Gasteiger charge is 2.41. The predicted octanol–water partition coefficient (Wildman–Crippen LogP) is 3.79. The molecule has 0 spiro atoms. The van der Waals surface area contributed by atoms with E-state index >= 15 is 0 Å². The van der Waals surface area contributed by atoms with E-state index in [1.807, 2.05) is 38.1 Å². The Morgan fingerprint density at radius 3 is 2.42 bits per heavy atom. The molecule has 178 valence electrons. The van der Waals surface area contributed by atoms with Gasteiger partial charge in [-0.3, -0.25) is 14.5 Å². The number of aromatic nitrogens is 1. The van der Waals surface area contributed by atoms with Crippen molar-refractivity contribution < 1.29 is 4.79 Å². The molecular formula is C27H38N4O2. The molecule has 0 saturated carbocycles. The second kappa shape index (κ2) is 9.59. The summed E-state index contributed by atoms with van der Waals surface area (Å²) in [7, 11) is 0. The second-order valence-electron chi connectivity index (χ2n) is 10.6. The van der Waals surface area contributed by atoms with Crippen LogP contribution in [-0.4, -0.2) is 64.6 Å². The zero-order chi connectivity index (χ0) is 22.9. The van der Waals surface area contributed by atoms with Crippen LogP contribution < -0.4 is 10.9 Å². The number of para-hydroxylation sites is 1. The van der Waals surface area contributed by atoms with Crippen molar-refractivity contribution in [2.45, 2.75) is 83.0 Å². The third-order valence-electron chi connectivity index (χ3n) is 8.05. The summed E-state index contributed by atoms with van der Waals surface area (Å²) < 4.78 is 1.75. The van der Waals surface area contributed by atoms with Gasteiger partial charge < -0.3 is 14.8 Å². The molecule has 3 aliphatic heterocycles. The number of likely N-dealkylation sites (tertiary alicyclic amines) is 1. The van der Waals surface area contributed by atoms with Gasteiger partial charge in [0.1, 0.15) is 5.56 Å². The Bertz CT molecular complexity index is 1040. The molecule has 4 heterocycles. The molecule has 1 aromatic carbocycles. The molecule has 1 aromatic heterocycles. The number of hydrogen-bond donors (Lipinski definition) is 1. The molecule has 0 radical (unpaired) electrons. The number of pyridine rings is 1. The first-order valence-corrected chi connectivity index (χ1v) is 12.9. The van der Waals surface area contributed by atoms with Crippen LogP contribution in [0.25, 0.3) is 10.9 Å². The van der Waals surface area contributed by atoms with Crippen molar-refractivity contribution in [3.8, 4) is 0 Å². The summed E-state index contributed by atoms with van der Waals surface area (Å²) in [5.41, 5.74) is 0.958. The average Bonchev–Trinajstić information content (AvgIpc) is 3.05. The largest absolute Gasteiger partial charge is 0.349 e. The van der Waals surface area contributed by atoms with Gasteiger partial charge in [0.15, 0.2) is 0 Å². The maximum Gasteiger partial charge on any atom is 0.264 e. The lowest BCUT2D eigenvalue weighted by molar-refractivity contribution is 0.0796. The van der Waals surface area contributed by atoms with Crippen LogP contribution in [0.2, 0.25) is 0 Å². The number of benzene rings is 1. The van der Waals surface area contributed by atoms with Gasteiger partial charge in [-0.25, -0.2) is 0 Å². The van der Waals surface area contributed by atoms with E-state index in [-0.39, 0.29) is 29.1 Å². The van der Waals surface area contributed by atoms with Crippen LogP contribution in [0, 0.1) is 0 Å². The molecule has 3 fully saturated rings. The molecule has 1 N–H and O–H groups in total. The Morgan fingerprint density at radius 2 is 1.73 bits per heavy atom. The van der Waals surface area contributed by atoms with E-state index in [9.17, 15) is 9.59 Å². The van der Waals surface area contributed by atoms with Crippen LogP contribution in [0.1, 0.15) is 75.2 Å². The smallest absolute Gasteiger partial charge is 0.264 e. The van der Waals surface area contributed by atoms with E-state index < -0.39 is 0 Å². The van der Waals surface area contributed by atoms with Crippen molar-refractivity contribution >= 4 is 16.8 Å². The van der Waals surface area contributed by atoms with Crippen LogP contribution in [0.3, 0.4) is 0 Å². The van der Waals surface area contributed by atoms with E-state index in [2.05, 4.69) is 15.1 Å². The van der Waals surface area contributed by atoms with Crippen LogP contribution in [0.4, 0.5) is 0 Å². The standard InChI is InChI=1S/C27H38N4O2/c1-19(2)31-25-9-5-4-8-20(25)16-24(27(31)33)26(32)28-21-17-22-10-11-23(18-21)30(22)15-14-29-12-6-3-7-13-29/h4-5,8-9,16,19,21-23H,3,6-7,10-15,17-18H2,1-2H3,(H,28,32)/t22-,23-/m1/s1. The number of piperidine rings is 2. The highest BCUT2D eigenvalue weighted by atomic mass is 16.2. The summed E-state index contributed by atoms with van der Waals surface area (Å²) in [6.45, 7) is 8.82. The van der Waals surface area contributed by atoms with Gasteiger partial charge in [-0.15, -0.1) is 0 Å². The molecule has 5 rings (SSSR count). The number of rotatable bonds is 6. The molecule has 3 aliphatic rings. The van der Waals surface area contributed by atoms with E-state index in [0.717, 1.165) is 30.3 Å². The average molecular weight is 451 g/mol. The fourth-order valence-electron chi connectivity index (χ4n) is 6.42. The minimum Gasteiger partial charge on any atom is -0.349 e. The highest BCUT2D eigenvalue weighted by molar-refractivity contribution is 5.97. The summed E-state index contributed by atoms with van der Waals surface area (Å²) in [5, 5.41) is 4.18. The van der Waals surface area contributed by atoms with Gasteiger partial charge >= 0.3 is 0 Å². The van der Waals surface area contributed by atoms with E-state index in [1.165, 1.54) is 51.7 Å². The number of nitrogens with zero attached hydrogens (tertiary/aromatic N) is 3. The lowest BCUT2D eigenvalue weighted by atomic mass is 9.96. The van der Waals surface area contributed by atoms with Gasteiger partial charge in [0.2, 0.25) is 0 Å². The summed E-state index contributed by atoms with van der Waals surface area (Å²) in [4.78, 5) is 31.8. The van der Waals surface area contributed by atoms with Gasteiger partial charge in [0, 0.05) is 37.3 Å². The molecule has 2 bridgehead atoms. The van der Waals surface area contributed by atoms with Gasteiger partial charge in [0.05, 0.1) is 5.52 Å². The van der Waals surface area contributed by atoms with Crippen molar-refractivity contribution in [3.05, 3.63) is 46.2 Å². The first-order chi connectivity index (χ1) is 16.0. The number of amides is 1. The summed E-state index contributed by atoms with van der Waals surface area (Å²) in [6, 6.07) is 10.9. The Kier molecular flexibility index (Phi) is 6.57. The molecule has 6 heteroatoms. The normalized spacial score (nSPS) is 26.2. The molecule has 2 aromatic rings.